The maximum absolute atomic E-state index is 4.98. The lowest BCUT2D eigenvalue weighted by molar-refractivity contribution is 0.211. The minimum Gasteiger partial charge on any atom is -0.383 e. The van der Waals surface area contributed by atoms with Crippen LogP contribution in [0, 0.1) is 0 Å². The van der Waals surface area contributed by atoms with E-state index in [1.165, 1.54) is 37.2 Å². The summed E-state index contributed by atoms with van der Waals surface area (Å²) >= 11 is 3.45. The van der Waals surface area contributed by atoms with Gasteiger partial charge >= 0.3 is 0 Å². The molecule has 0 saturated heterocycles. The van der Waals surface area contributed by atoms with Gasteiger partial charge in [0.1, 0.15) is 0 Å². The van der Waals surface area contributed by atoms with Crippen molar-refractivity contribution in [2.75, 3.05) is 25.6 Å². The zero-order valence-corrected chi connectivity index (χ0v) is 11.8. The summed E-state index contributed by atoms with van der Waals surface area (Å²) in [7, 11) is 1.70. The number of nitrogens with one attached hydrogen (secondary N) is 1. The summed E-state index contributed by atoms with van der Waals surface area (Å²) in [5.41, 5.74) is 0. The monoisotopic (exact) mass is 273 g/mol. The summed E-state index contributed by atoms with van der Waals surface area (Å²) < 4.78 is 9.34. The first-order valence-electron chi connectivity index (χ1n) is 6.05. The number of hydrogen-bond acceptors (Lipinski definition) is 6. The third-order valence-corrected chi connectivity index (χ3v) is 4.88. The van der Waals surface area contributed by atoms with Crippen molar-refractivity contribution in [3.05, 3.63) is 5.82 Å². The highest BCUT2D eigenvalue weighted by atomic mass is 32.2. The smallest absolute Gasteiger partial charge is 0.202 e. The number of hydrogen-bond donors (Lipinski definition) is 1. The van der Waals surface area contributed by atoms with E-state index in [1.54, 1.807) is 7.11 Å². The minimum atomic E-state index is 0.700. The van der Waals surface area contributed by atoms with E-state index in [0.717, 1.165) is 28.5 Å². The second kappa shape index (κ2) is 7.18. The van der Waals surface area contributed by atoms with Crippen LogP contribution < -0.4 is 5.32 Å². The molecule has 0 radical (unpaired) electrons. The largest absolute Gasteiger partial charge is 0.383 e. The van der Waals surface area contributed by atoms with E-state index < -0.39 is 0 Å². The Balaban J connectivity index is 1.69. The van der Waals surface area contributed by atoms with Gasteiger partial charge in [-0.15, -0.1) is 0 Å². The number of thioether (sulfide) groups is 1. The number of rotatable bonds is 7. The molecule has 1 aliphatic rings. The molecule has 6 heteroatoms. The van der Waals surface area contributed by atoms with Crippen molar-refractivity contribution in [2.45, 2.75) is 36.7 Å². The van der Waals surface area contributed by atoms with Crippen LogP contribution in [0.4, 0.5) is 5.13 Å². The quantitative estimate of drug-likeness (QED) is 0.774. The summed E-state index contributed by atoms with van der Waals surface area (Å²) in [5.74, 6) is 1.92. The number of anilines is 1. The molecule has 1 aromatic rings. The van der Waals surface area contributed by atoms with E-state index in [9.17, 15) is 0 Å². The molecule has 96 valence electrons. The third kappa shape index (κ3) is 4.44. The maximum Gasteiger partial charge on any atom is 0.202 e. The topological polar surface area (TPSA) is 47.0 Å². The van der Waals surface area contributed by atoms with Crippen molar-refractivity contribution >= 4 is 28.4 Å². The molecular weight excluding hydrogens is 254 g/mol. The Kier molecular flexibility index (Phi) is 5.54. The first kappa shape index (κ1) is 13.1. The van der Waals surface area contributed by atoms with Crippen molar-refractivity contribution in [1.29, 1.82) is 0 Å². The van der Waals surface area contributed by atoms with Crippen LogP contribution in [0.1, 0.15) is 31.5 Å². The van der Waals surface area contributed by atoms with Crippen LogP contribution in [0.15, 0.2) is 0 Å². The van der Waals surface area contributed by atoms with Gasteiger partial charge in [-0.25, -0.2) is 4.98 Å². The highest BCUT2D eigenvalue weighted by Crippen LogP contribution is 2.31. The van der Waals surface area contributed by atoms with Gasteiger partial charge in [-0.2, -0.15) is 16.1 Å². The first-order valence-corrected chi connectivity index (χ1v) is 7.87. The molecule has 1 heterocycles. The number of nitrogens with zero attached hydrogens (tertiary/aromatic N) is 2. The Morgan fingerprint density at radius 3 is 3.06 bits per heavy atom. The molecule has 1 saturated carbocycles. The molecule has 1 aliphatic carbocycles. The van der Waals surface area contributed by atoms with Gasteiger partial charge in [-0.1, -0.05) is 12.8 Å². The normalized spacial score (nSPS) is 16.5. The molecule has 0 bridgehead atoms. The van der Waals surface area contributed by atoms with Crippen molar-refractivity contribution in [1.82, 2.24) is 9.36 Å². The van der Waals surface area contributed by atoms with Crippen molar-refractivity contribution in [3.8, 4) is 0 Å². The Bertz CT molecular complexity index is 326. The van der Waals surface area contributed by atoms with Crippen LogP contribution in [-0.2, 0) is 10.5 Å². The summed E-state index contributed by atoms with van der Waals surface area (Å²) in [4.78, 5) is 4.46. The van der Waals surface area contributed by atoms with E-state index >= 15 is 0 Å². The van der Waals surface area contributed by atoms with Gasteiger partial charge in [0, 0.05) is 30.4 Å². The van der Waals surface area contributed by atoms with E-state index in [4.69, 9.17) is 4.74 Å². The fourth-order valence-electron chi connectivity index (χ4n) is 1.89. The maximum atomic E-state index is 4.98. The summed E-state index contributed by atoms with van der Waals surface area (Å²) in [6.07, 6.45) is 5.53. The molecule has 1 fully saturated rings. The van der Waals surface area contributed by atoms with Crippen LogP contribution in [0.2, 0.25) is 0 Å². The van der Waals surface area contributed by atoms with Crippen molar-refractivity contribution < 1.29 is 4.74 Å². The SMILES string of the molecule is COCCNc1nc(CSC2CCCC2)ns1. The Morgan fingerprint density at radius 1 is 1.47 bits per heavy atom. The summed E-state index contributed by atoms with van der Waals surface area (Å²) in [6, 6.07) is 0. The molecule has 0 aliphatic heterocycles. The van der Waals surface area contributed by atoms with Crippen LogP contribution >= 0.6 is 23.3 Å². The molecule has 0 atom stereocenters. The summed E-state index contributed by atoms with van der Waals surface area (Å²) in [5, 5.41) is 4.95. The predicted octanol–water partition coefficient (Wildman–Crippen LogP) is 2.77. The number of aromatic nitrogens is 2. The van der Waals surface area contributed by atoms with Gasteiger partial charge in [0.2, 0.25) is 5.13 Å². The number of methoxy groups -OCH3 is 1. The van der Waals surface area contributed by atoms with Gasteiger partial charge in [0.05, 0.1) is 12.4 Å². The molecule has 1 N–H and O–H groups in total. The molecule has 0 unspecified atom stereocenters. The van der Waals surface area contributed by atoms with E-state index in [1.807, 2.05) is 11.8 Å². The first-order chi connectivity index (χ1) is 8.38. The highest BCUT2D eigenvalue weighted by molar-refractivity contribution is 7.99. The third-order valence-electron chi connectivity index (χ3n) is 2.80. The Hall–Kier alpha value is -0.330. The molecule has 0 amide bonds. The molecule has 17 heavy (non-hydrogen) atoms. The lowest BCUT2D eigenvalue weighted by Gasteiger charge is -2.05. The van der Waals surface area contributed by atoms with Crippen LogP contribution in [0.3, 0.4) is 0 Å². The van der Waals surface area contributed by atoms with Gasteiger partial charge < -0.3 is 10.1 Å². The van der Waals surface area contributed by atoms with Crippen molar-refractivity contribution in [2.24, 2.45) is 0 Å². The standard InChI is InChI=1S/C11H19N3OS2/c1-15-7-6-12-11-13-10(14-17-11)8-16-9-4-2-3-5-9/h9H,2-8H2,1H3,(H,12,13,14). The average molecular weight is 273 g/mol. The lowest BCUT2D eigenvalue weighted by Crippen LogP contribution is -2.07. The molecule has 2 rings (SSSR count). The van der Waals surface area contributed by atoms with Gasteiger partial charge in [-0.05, 0) is 12.8 Å². The molecule has 0 spiro atoms. The Labute approximate surface area is 111 Å². The second-order valence-corrected chi connectivity index (χ2v) is 6.19. The van der Waals surface area contributed by atoms with Crippen molar-refractivity contribution in [3.63, 3.8) is 0 Å². The van der Waals surface area contributed by atoms with Gasteiger partial charge in [0.25, 0.3) is 0 Å². The zero-order valence-electron chi connectivity index (χ0n) is 10.1. The fraction of sp³-hybridized carbons (Fsp3) is 0.818. The van der Waals surface area contributed by atoms with E-state index in [2.05, 4.69) is 14.7 Å². The summed E-state index contributed by atoms with van der Waals surface area (Å²) in [6.45, 7) is 1.49. The predicted molar refractivity (Wildman–Crippen MR) is 73.8 cm³/mol. The fourth-order valence-corrected chi connectivity index (χ4v) is 3.76. The number of ether oxygens (including phenoxy) is 1. The highest BCUT2D eigenvalue weighted by Gasteiger charge is 2.16. The molecular formula is C11H19N3OS2. The second-order valence-electron chi connectivity index (χ2n) is 4.15. The van der Waals surface area contributed by atoms with E-state index in [-0.39, 0.29) is 0 Å². The van der Waals surface area contributed by atoms with E-state index in [0.29, 0.717) is 6.61 Å². The van der Waals surface area contributed by atoms with Crippen LogP contribution in [0.25, 0.3) is 0 Å². The van der Waals surface area contributed by atoms with Gasteiger partial charge in [-0.3, -0.25) is 0 Å². The average Bonchev–Trinajstić information content (AvgIpc) is 2.98. The Morgan fingerprint density at radius 2 is 2.29 bits per heavy atom. The molecule has 1 aromatic heterocycles. The zero-order chi connectivity index (χ0) is 11.9. The van der Waals surface area contributed by atoms with Crippen LogP contribution in [-0.4, -0.2) is 34.9 Å². The molecule has 0 aromatic carbocycles. The minimum absolute atomic E-state index is 0.700. The lowest BCUT2D eigenvalue weighted by atomic mass is 10.4. The van der Waals surface area contributed by atoms with Gasteiger partial charge in [0.15, 0.2) is 5.82 Å². The van der Waals surface area contributed by atoms with Crippen LogP contribution in [0.5, 0.6) is 0 Å². The molecule has 4 nitrogen and oxygen atoms in total.